The third-order valence-corrected chi connectivity index (χ3v) is 5.07. The summed E-state index contributed by atoms with van der Waals surface area (Å²) in [5, 5.41) is 11.0. The zero-order valence-electron chi connectivity index (χ0n) is 13.9. The maximum Gasteiger partial charge on any atom is 0.254 e. The first kappa shape index (κ1) is 17.5. The predicted molar refractivity (Wildman–Crippen MR) is 91.2 cm³/mol. The summed E-state index contributed by atoms with van der Waals surface area (Å²) in [6.45, 7) is 3.02. The number of benzene rings is 1. The molecule has 0 saturated carbocycles. The molecule has 0 unspecified atom stereocenters. The fourth-order valence-corrected chi connectivity index (χ4v) is 3.30. The summed E-state index contributed by atoms with van der Waals surface area (Å²) in [6.07, 6.45) is 2.72. The summed E-state index contributed by atoms with van der Waals surface area (Å²) in [6, 6.07) is 7.16. The Labute approximate surface area is 146 Å². The van der Waals surface area contributed by atoms with E-state index in [0.29, 0.717) is 38.3 Å². The number of hydrogen-bond acceptors (Lipinski definition) is 7. The standard InChI is InChI=1S/C15H20N6O3S/c1-25(23,24)10-9-19-5-7-20(8-6-19)15(22)13-3-2-4-14(11-13)21-12-16-17-18-21/h2-4,11-12H,5-10H2,1H3. The van der Waals surface area contributed by atoms with E-state index in [4.69, 9.17) is 0 Å². The van der Waals surface area contributed by atoms with Gasteiger partial charge in [0, 0.05) is 44.5 Å². The van der Waals surface area contributed by atoms with Gasteiger partial charge in [-0.2, -0.15) is 0 Å². The molecule has 10 heteroatoms. The fourth-order valence-electron chi connectivity index (χ4n) is 2.71. The number of carbonyl (C=O) groups excluding carboxylic acids is 1. The van der Waals surface area contributed by atoms with Crippen molar-refractivity contribution in [3.8, 4) is 5.69 Å². The molecule has 1 amide bonds. The van der Waals surface area contributed by atoms with E-state index in [-0.39, 0.29) is 11.7 Å². The van der Waals surface area contributed by atoms with Crippen LogP contribution in [0, 0.1) is 0 Å². The molecule has 1 aromatic heterocycles. The van der Waals surface area contributed by atoms with E-state index in [2.05, 4.69) is 20.4 Å². The summed E-state index contributed by atoms with van der Waals surface area (Å²) in [5.41, 5.74) is 1.31. The van der Waals surface area contributed by atoms with E-state index in [1.165, 1.54) is 17.3 Å². The highest BCUT2D eigenvalue weighted by Gasteiger charge is 2.22. The third-order valence-electron chi connectivity index (χ3n) is 4.14. The largest absolute Gasteiger partial charge is 0.336 e. The summed E-state index contributed by atoms with van der Waals surface area (Å²) in [4.78, 5) is 16.6. The Morgan fingerprint density at radius 2 is 1.96 bits per heavy atom. The summed E-state index contributed by atoms with van der Waals surface area (Å²) >= 11 is 0. The van der Waals surface area contributed by atoms with Crippen LogP contribution in [0.25, 0.3) is 5.69 Å². The lowest BCUT2D eigenvalue weighted by Gasteiger charge is -2.34. The molecule has 134 valence electrons. The first-order valence-electron chi connectivity index (χ1n) is 7.95. The molecule has 0 spiro atoms. The number of tetrazole rings is 1. The second-order valence-electron chi connectivity index (χ2n) is 6.07. The Morgan fingerprint density at radius 1 is 1.20 bits per heavy atom. The van der Waals surface area contributed by atoms with Crippen molar-refractivity contribution in [2.75, 3.05) is 44.7 Å². The van der Waals surface area contributed by atoms with E-state index in [0.717, 1.165) is 5.69 Å². The minimum atomic E-state index is -2.96. The highest BCUT2D eigenvalue weighted by atomic mass is 32.2. The molecule has 2 aromatic rings. The van der Waals surface area contributed by atoms with Gasteiger partial charge in [0.2, 0.25) is 0 Å². The molecule has 0 N–H and O–H groups in total. The lowest BCUT2D eigenvalue weighted by atomic mass is 10.1. The Hall–Kier alpha value is -2.33. The van der Waals surface area contributed by atoms with Crippen molar-refractivity contribution in [3.63, 3.8) is 0 Å². The van der Waals surface area contributed by atoms with Crippen molar-refractivity contribution in [2.45, 2.75) is 0 Å². The van der Waals surface area contributed by atoms with Crippen LogP contribution in [0.4, 0.5) is 0 Å². The van der Waals surface area contributed by atoms with Crippen LogP contribution in [-0.4, -0.2) is 89.1 Å². The summed E-state index contributed by atoms with van der Waals surface area (Å²) in [5.74, 6) is 0.104. The zero-order valence-corrected chi connectivity index (χ0v) is 14.8. The monoisotopic (exact) mass is 364 g/mol. The molecule has 3 rings (SSSR count). The second-order valence-corrected chi connectivity index (χ2v) is 8.33. The molecule has 25 heavy (non-hydrogen) atoms. The lowest BCUT2D eigenvalue weighted by Crippen LogP contribution is -2.49. The van der Waals surface area contributed by atoms with Crippen LogP contribution >= 0.6 is 0 Å². The molecule has 0 atom stereocenters. The Bertz CT molecular complexity index is 829. The van der Waals surface area contributed by atoms with Crippen LogP contribution in [0.5, 0.6) is 0 Å². The number of hydrogen-bond donors (Lipinski definition) is 0. The first-order chi connectivity index (χ1) is 11.9. The Morgan fingerprint density at radius 3 is 2.60 bits per heavy atom. The summed E-state index contributed by atoms with van der Waals surface area (Å²) in [7, 11) is -2.96. The van der Waals surface area contributed by atoms with Gasteiger partial charge in [-0.1, -0.05) is 6.07 Å². The van der Waals surface area contributed by atoms with E-state index in [1.54, 1.807) is 23.1 Å². The van der Waals surface area contributed by atoms with Crippen molar-refractivity contribution in [1.29, 1.82) is 0 Å². The Kier molecular flexibility index (Phi) is 5.09. The maximum absolute atomic E-state index is 12.7. The molecule has 0 aliphatic carbocycles. The van der Waals surface area contributed by atoms with Gasteiger partial charge in [-0.25, -0.2) is 13.1 Å². The molecule has 1 aliphatic rings. The minimum absolute atomic E-state index is 0.0438. The van der Waals surface area contributed by atoms with E-state index in [1.807, 2.05) is 6.07 Å². The van der Waals surface area contributed by atoms with E-state index < -0.39 is 9.84 Å². The van der Waals surface area contributed by atoms with Crippen LogP contribution in [-0.2, 0) is 9.84 Å². The molecule has 2 heterocycles. The van der Waals surface area contributed by atoms with Gasteiger partial charge in [0.05, 0.1) is 11.4 Å². The Balaban J connectivity index is 1.60. The van der Waals surface area contributed by atoms with E-state index in [9.17, 15) is 13.2 Å². The van der Waals surface area contributed by atoms with Crippen molar-refractivity contribution >= 4 is 15.7 Å². The average Bonchev–Trinajstić information content (AvgIpc) is 3.14. The SMILES string of the molecule is CS(=O)(=O)CCN1CCN(C(=O)c2cccc(-n3cnnn3)c2)CC1. The molecular weight excluding hydrogens is 344 g/mol. The highest BCUT2D eigenvalue weighted by molar-refractivity contribution is 7.90. The summed E-state index contributed by atoms with van der Waals surface area (Å²) < 4.78 is 24.0. The normalized spacial score (nSPS) is 16.1. The van der Waals surface area contributed by atoms with Crippen LogP contribution in [0.2, 0.25) is 0 Å². The van der Waals surface area contributed by atoms with Crippen LogP contribution < -0.4 is 0 Å². The molecule has 1 fully saturated rings. The van der Waals surface area contributed by atoms with Gasteiger partial charge in [0.1, 0.15) is 16.2 Å². The zero-order chi connectivity index (χ0) is 17.9. The topological polar surface area (TPSA) is 101 Å². The van der Waals surface area contributed by atoms with Crippen LogP contribution in [0.15, 0.2) is 30.6 Å². The molecule has 1 aromatic carbocycles. The molecule has 9 nitrogen and oxygen atoms in total. The highest BCUT2D eigenvalue weighted by Crippen LogP contribution is 2.13. The first-order valence-corrected chi connectivity index (χ1v) is 10.0. The van der Waals surface area contributed by atoms with Gasteiger partial charge in [0.15, 0.2) is 0 Å². The quantitative estimate of drug-likeness (QED) is 0.702. The van der Waals surface area contributed by atoms with Crippen molar-refractivity contribution < 1.29 is 13.2 Å². The number of sulfone groups is 1. The molecule has 1 aliphatic heterocycles. The molecule has 0 bridgehead atoms. The number of carbonyl (C=O) groups is 1. The number of nitrogens with zero attached hydrogens (tertiary/aromatic N) is 6. The maximum atomic E-state index is 12.7. The molecule has 1 saturated heterocycles. The number of aromatic nitrogens is 4. The van der Waals surface area contributed by atoms with Gasteiger partial charge < -0.3 is 4.90 Å². The average molecular weight is 364 g/mol. The van der Waals surface area contributed by atoms with Crippen molar-refractivity contribution in [2.24, 2.45) is 0 Å². The number of piperazine rings is 1. The van der Waals surface area contributed by atoms with Crippen molar-refractivity contribution in [1.82, 2.24) is 30.0 Å². The van der Waals surface area contributed by atoms with Crippen LogP contribution in [0.1, 0.15) is 10.4 Å². The third kappa shape index (κ3) is 4.60. The van der Waals surface area contributed by atoms with Gasteiger partial charge >= 0.3 is 0 Å². The molecular formula is C15H20N6O3S. The van der Waals surface area contributed by atoms with Gasteiger partial charge in [-0.15, -0.1) is 5.10 Å². The van der Waals surface area contributed by atoms with Gasteiger partial charge in [0.25, 0.3) is 5.91 Å². The van der Waals surface area contributed by atoms with Crippen molar-refractivity contribution in [3.05, 3.63) is 36.2 Å². The smallest absolute Gasteiger partial charge is 0.254 e. The van der Waals surface area contributed by atoms with E-state index >= 15 is 0 Å². The van der Waals surface area contributed by atoms with Crippen LogP contribution in [0.3, 0.4) is 0 Å². The predicted octanol–water partition coefficient (Wildman–Crippen LogP) is -0.535. The molecule has 0 radical (unpaired) electrons. The van der Waals surface area contributed by atoms with Gasteiger partial charge in [-0.3, -0.25) is 9.69 Å². The van der Waals surface area contributed by atoms with Gasteiger partial charge in [-0.05, 0) is 28.6 Å². The lowest BCUT2D eigenvalue weighted by molar-refractivity contribution is 0.0644. The number of rotatable bonds is 5. The fraction of sp³-hybridized carbons (Fsp3) is 0.467. The second kappa shape index (κ2) is 7.28. The number of amides is 1. The minimum Gasteiger partial charge on any atom is -0.336 e.